The van der Waals surface area contributed by atoms with Crippen LogP contribution in [0.1, 0.15) is 17.0 Å². The van der Waals surface area contributed by atoms with Crippen molar-refractivity contribution in [2.24, 2.45) is 0 Å². The summed E-state index contributed by atoms with van der Waals surface area (Å²) in [7, 11) is 2.21. The van der Waals surface area contributed by atoms with Gasteiger partial charge in [0.15, 0.2) is 0 Å². The minimum atomic E-state index is -4.59. The van der Waals surface area contributed by atoms with Crippen LogP contribution < -0.4 is 4.90 Å². The third-order valence-electron chi connectivity index (χ3n) is 4.71. The molecule has 0 N–H and O–H groups in total. The first kappa shape index (κ1) is 22.1. The number of esters is 2. The zero-order valence-electron chi connectivity index (χ0n) is 16.4. The van der Waals surface area contributed by atoms with Gasteiger partial charge in [-0.1, -0.05) is 24.3 Å². The largest absolute Gasteiger partial charge is 0.466 e. The molecule has 0 radical (unpaired) electrons. The fourth-order valence-corrected chi connectivity index (χ4v) is 3.27. The fraction of sp³-hybridized carbons (Fsp3) is 0.182. The van der Waals surface area contributed by atoms with E-state index in [1.165, 1.54) is 47.6 Å². The maximum Gasteiger partial charge on any atom is 0.416 e. The Morgan fingerprint density at radius 3 is 2.00 bits per heavy atom. The second kappa shape index (κ2) is 8.63. The summed E-state index contributed by atoms with van der Waals surface area (Å²) in [5, 5.41) is 0. The molecule has 0 fully saturated rings. The van der Waals surface area contributed by atoms with E-state index in [1.807, 2.05) is 0 Å². The minimum absolute atomic E-state index is 0.0134. The van der Waals surface area contributed by atoms with Gasteiger partial charge in [-0.25, -0.2) is 14.0 Å². The molecule has 0 bridgehead atoms. The summed E-state index contributed by atoms with van der Waals surface area (Å²) in [6.07, 6.45) is -2.17. The van der Waals surface area contributed by atoms with Crippen LogP contribution in [0.2, 0.25) is 0 Å². The van der Waals surface area contributed by atoms with Crippen molar-refractivity contribution < 1.29 is 36.6 Å². The molecule has 3 rings (SSSR count). The lowest BCUT2D eigenvalue weighted by atomic mass is 9.83. The number of methoxy groups -OCH3 is 2. The standard InChI is InChI=1S/C22H17F4NO4/c1-30-20(28)16-11-27(14-7-5-6-13(10-14)22(24,25)26)12-17(21(29)31-2)19(16)15-8-3-4-9-18(15)23/h3-12,19H,1-2H3. The average molecular weight is 435 g/mol. The van der Waals surface area contributed by atoms with Gasteiger partial charge in [0.1, 0.15) is 5.82 Å². The van der Waals surface area contributed by atoms with Crippen molar-refractivity contribution in [3.8, 4) is 0 Å². The fourth-order valence-electron chi connectivity index (χ4n) is 3.27. The zero-order chi connectivity index (χ0) is 22.8. The van der Waals surface area contributed by atoms with Crippen LogP contribution in [0.15, 0.2) is 72.1 Å². The number of rotatable bonds is 4. The predicted molar refractivity (Wildman–Crippen MR) is 103 cm³/mol. The Bertz CT molecular complexity index is 1040. The number of alkyl halides is 3. The van der Waals surface area contributed by atoms with Crippen molar-refractivity contribution >= 4 is 17.6 Å². The number of anilines is 1. The van der Waals surface area contributed by atoms with Crippen LogP contribution >= 0.6 is 0 Å². The monoisotopic (exact) mass is 435 g/mol. The number of ether oxygens (including phenoxy) is 2. The SMILES string of the molecule is COC(=O)C1=CN(c2cccc(C(F)(F)F)c2)C=C(C(=O)OC)C1c1ccccc1F. The summed E-state index contributed by atoms with van der Waals surface area (Å²) >= 11 is 0. The first-order valence-electron chi connectivity index (χ1n) is 8.97. The number of carbonyl (C=O) groups is 2. The molecule has 0 aromatic heterocycles. The lowest BCUT2D eigenvalue weighted by molar-refractivity contribution is -0.138. The molecule has 9 heteroatoms. The minimum Gasteiger partial charge on any atom is -0.466 e. The zero-order valence-corrected chi connectivity index (χ0v) is 16.4. The van der Waals surface area contributed by atoms with Gasteiger partial charge in [0.05, 0.1) is 36.8 Å². The predicted octanol–water partition coefficient (Wildman–Crippen LogP) is 4.56. The lowest BCUT2D eigenvalue weighted by Gasteiger charge is -2.30. The summed E-state index contributed by atoms with van der Waals surface area (Å²) in [6, 6.07) is 9.85. The molecule has 2 aromatic rings. The summed E-state index contributed by atoms with van der Waals surface area (Å²) in [4.78, 5) is 26.2. The molecular formula is C22H17F4NO4. The maximum atomic E-state index is 14.6. The lowest BCUT2D eigenvalue weighted by Crippen LogP contribution is -2.29. The second-order valence-corrected chi connectivity index (χ2v) is 6.56. The van der Waals surface area contributed by atoms with E-state index in [4.69, 9.17) is 9.47 Å². The smallest absolute Gasteiger partial charge is 0.416 e. The molecule has 0 spiro atoms. The van der Waals surface area contributed by atoms with Crippen LogP contribution in [0.5, 0.6) is 0 Å². The van der Waals surface area contributed by atoms with Crippen LogP contribution in [-0.2, 0) is 25.2 Å². The molecule has 0 saturated heterocycles. The third-order valence-corrected chi connectivity index (χ3v) is 4.71. The van der Waals surface area contributed by atoms with Crippen LogP contribution in [0.4, 0.5) is 23.2 Å². The van der Waals surface area contributed by atoms with Crippen molar-refractivity contribution in [1.82, 2.24) is 0 Å². The maximum absolute atomic E-state index is 14.6. The Labute approximate surface area is 175 Å². The molecule has 31 heavy (non-hydrogen) atoms. The normalized spacial score (nSPS) is 14.6. The Hall–Kier alpha value is -3.62. The van der Waals surface area contributed by atoms with E-state index in [0.717, 1.165) is 32.4 Å². The van der Waals surface area contributed by atoms with Crippen LogP contribution in [-0.4, -0.2) is 26.2 Å². The summed E-state index contributed by atoms with van der Waals surface area (Å²) < 4.78 is 63.6. The van der Waals surface area contributed by atoms with Gasteiger partial charge in [-0.3, -0.25) is 0 Å². The molecular weight excluding hydrogens is 418 g/mol. The molecule has 0 unspecified atom stereocenters. The van der Waals surface area contributed by atoms with Gasteiger partial charge in [0.25, 0.3) is 0 Å². The Morgan fingerprint density at radius 1 is 0.903 bits per heavy atom. The van der Waals surface area contributed by atoms with E-state index in [-0.39, 0.29) is 22.4 Å². The highest BCUT2D eigenvalue weighted by molar-refractivity contribution is 6.00. The first-order chi connectivity index (χ1) is 14.7. The van der Waals surface area contributed by atoms with Crippen molar-refractivity contribution in [2.45, 2.75) is 12.1 Å². The number of hydrogen-bond donors (Lipinski definition) is 0. The number of nitrogens with zero attached hydrogens (tertiary/aromatic N) is 1. The molecule has 2 aromatic carbocycles. The molecule has 1 aliphatic rings. The first-order valence-corrected chi connectivity index (χ1v) is 8.97. The molecule has 0 atom stereocenters. The molecule has 0 saturated carbocycles. The number of carbonyl (C=O) groups excluding carboxylic acids is 2. The molecule has 1 heterocycles. The van der Waals surface area contributed by atoms with Crippen molar-refractivity contribution in [2.75, 3.05) is 19.1 Å². The van der Waals surface area contributed by atoms with E-state index in [1.54, 1.807) is 0 Å². The van der Waals surface area contributed by atoms with E-state index >= 15 is 0 Å². The van der Waals surface area contributed by atoms with Gasteiger partial charge in [0, 0.05) is 23.7 Å². The van der Waals surface area contributed by atoms with Crippen molar-refractivity contribution in [1.29, 1.82) is 0 Å². The Balaban J connectivity index is 2.21. The molecule has 1 aliphatic heterocycles. The quantitative estimate of drug-likeness (QED) is 0.521. The second-order valence-electron chi connectivity index (χ2n) is 6.56. The summed E-state index contributed by atoms with van der Waals surface area (Å²) in [5.74, 6) is -3.60. The van der Waals surface area contributed by atoms with E-state index in [0.29, 0.717) is 0 Å². The van der Waals surface area contributed by atoms with Gasteiger partial charge < -0.3 is 14.4 Å². The molecule has 0 amide bonds. The van der Waals surface area contributed by atoms with Gasteiger partial charge >= 0.3 is 18.1 Å². The Kier molecular flexibility index (Phi) is 6.14. The highest BCUT2D eigenvalue weighted by Crippen LogP contribution is 2.40. The highest BCUT2D eigenvalue weighted by Gasteiger charge is 2.37. The van der Waals surface area contributed by atoms with Gasteiger partial charge in [-0.05, 0) is 24.3 Å². The van der Waals surface area contributed by atoms with Crippen LogP contribution in [0.25, 0.3) is 0 Å². The number of benzene rings is 2. The van der Waals surface area contributed by atoms with Crippen LogP contribution in [0, 0.1) is 5.82 Å². The third kappa shape index (κ3) is 4.45. The van der Waals surface area contributed by atoms with Crippen molar-refractivity contribution in [3.63, 3.8) is 0 Å². The Morgan fingerprint density at radius 2 is 1.48 bits per heavy atom. The number of hydrogen-bond acceptors (Lipinski definition) is 5. The average Bonchev–Trinajstić information content (AvgIpc) is 2.77. The molecule has 162 valence electrons. The summed E-state index contributed by atoms with van der Waals surface area (Å²) in [6.45, 7) is 0. The van der Waals surface area contributed by atoms with E-state index in [2.05, 4.69) is 0 Å². The number of halogens is 4. The van der Waals surface area contributed by atoms with Gasteiger partial charge in [0.2, 0.25) is 0 Å². The molecule has 5 nitrogen and oxygen atoms in total. The summed E-state index contributed by atoms with van der Waals surface area (Å²) in [5.41, 5.74) is -1.16. The topological polar surface area (TPSA) is 55.8 Å². The molecule has 0 aliphatic carbocycles. The highest BCUT2D eigenvalue weighted by atomic mass is 19.4. The van der Waals surface area contributed by atoms with Gasteiger partial charge in [-0.15, -0.1) is 0 Å². The van der Waals surface area contributed by atoms with E-state index in [9.17, 15) is 27.2 Å². The van der Waals surface area contributed by atoms with Crippen LogP contribution in [0.3, 0.4) is 0 Å². The van der Waals surface area contributed by atoms with Gasteiger partial charge in [-0.2, -0.15) is 13.2 Å². The van der Waals surface area contributed by atoms with Crippen molar-refractivity contribution in [3.05, 3.63) is 89.0 Å². The van der Waals surface area contributed by atoms with E-state index < -0.39 is 35.4 Å².